The molecular weight excluding hydrogens is 504 g/mol. The van der Waals surface area contributed by atoms with Crippen LogP contribution >= 0.6 is 27.5 Å². The van der Waals surface area contributed by atoms with Crippen molar-refractivity contribution in [2.75, 3.05) is 6.61 Å². The lowest BCUT2D eigenvalue weighted by molar-refractivity contribution is -0.278. The van der Waals surface area contributed by atoms with Crippen LogP contribution in [0.4, 0.5) is 0 Å². The van der Waals surface area contributed by atoms with Crippen molar-refractivity contribution in [3.63, 3.8) is 0 Å². The molecule has 8 nitrogen and oxygen atoms in total. The van der Waals surface area contributed by atoms with E-state index >= 15 is 0 Å². The van der Waals surface area contributed by atoms with E-state index in [-0.39, 0.29) is 5.88 Å². The molecule has 0 amide bonds. The quantitative estimate of drug-likeness (QED) is 0.244. The van der Waals surface area contributed by atoms with Gasteiger partial charge >= 0.3 is 0 Å². The summed E-state index contributed by atoms with van der Waals surface area (Å²) in [4.78, 5) is 6.52. The highest BCUT2D eigenvalue weighted by atomic mass is 79.9. The number of aromatic amines is 2. The van der Waals surface area contributed by atoms with Gasteiger partial charge in [0.25, 0.3) is 0 Å². The van der Waals surface area contributed by atoms with E-state index in [9.17, 15) is 20.4 Å². The Bertz CT molecular complexity index is 1290. The number of ether oxygens (including phenoxy) is 2. The standard InChI is InChI=1S/C22H20BrClN2O6/c23-11-5-6-13-10(17(11)24)7-14(25-13)16-9-3-1-2-4-12(9)26-21(16)32-22-20(30)19(29)18(28)15(8-27)31-22/h1-7,15,18-20,22,25-30H,8H2/t15-,18+,19+,20-,22?/m1/s1. The highest BCUT2D eigenvalue weighted by Gasteiger charge is 2.45. The first-order valence-corrected chi connectivity index (χ1v) is 11.1. The third-order valence-corrected chi connectivity index (χ3v) is 7.01. The minimum Gasteiger partial charge on any atom is -0.446 e. The Morgan fingerprint density at radius 1 is 0.969 bits per heavy atom. The highest BCUT2D eigenvalue weighted by molar-refractivity contribution is 9.10. The molecule has 6 N–H and O–H groups in total. The zero-order chi connectivity index (χ0) is 22.6. The lowest BCUT2D eigenvalue weighted by atomic mass is 9.99. The van der Waals surface area contributed by atoms with Crippen LogP contribution in [0.1, 0.15) is 0 Å². The highest BCUT2D eigenvalue weighted by Crippen LogP contribution is 2.41. The second kappa shape index (κ2) is 8.35. The average molecular weight is 524 g/mol. The van der Waals surface area contributed by atoms with Crippen molar-refractivity contribution in [3.05, 3.63) is 52.0 Å². The Morgan fingerprint density at radius 3 is 2.50 bits per heavy atom. The first-order valence-electron chi connectivity index (χ1n) is 9.94. The summed E-state index contributed by atoms with van der Waals surface area (Å²) in [7, 11) is 0. The van der Waals surface area contributed by atoms with Crippen LogP contribution in [0.2, 0.25) is 5.02 Å². The number of nitrogens with one attached hydrogen (secondary N) is 2. The molecule has 1 saturated heterocycles. The van der Waals surface area contributed by atoms with Gasteiger partial charge in [0, 0.05) is 26.3 Å². The molecule has 5 rings (SSSR count). The van der Waals surface area contributed by atoms with E-state index in [0.717, 1.165) is 32.0 Å². The van der Waals surface area contributed by atoms with Crippen molar-refractivity contribution in [1.29, 1.82) is 0 Å². The van der Waals surface area contributed by atoms with Gasteiger partial charge in [-0.3, -0.25) is 0 Å². The fraction of sp³-hybridized carbons (Fsp3) is 0.273. The fourth-order valence-electron chi connectivity index (χ4n) is 4.03. The van der Waals surface area contributed by atoms with Crippen LogP contribution in [0, 0.1) is 0 Å². The Kier molecular flexibility index (Phi) is 5.67. The van der Waals surface area contributed by atoms with Crippen molar-refractivity contribution in [2.45, 2.75) is 30.7 Å². The van der Waals surface area contributed by atoms with E-state index in [4.69, 9.17) is 21.1 Å². The molecule has 4 aromatic rings. The molecule has 0 radical (unpaired) electrons. The third-order valence-electron chi connectivity index (χ3n) is 5.71. The molecule has 0 spiro atoms. The summed E-state index contributed by atoms with van der Waals surface area (Å²) in [6.45, 7) is -0.542. The fourth-order valence-corrected chi connectivity index (χ4v) is 4.60. The van der Waals surface area contributed by atoms with Crippen molar-refractivity contribution < 1.29 is 29.9 Å². The SMILES string of the molecule is OC[C@H]1OC(Oc2[nH]c3ccccc3c2-c2cc3c(Cl)c(Br)ccc3[nH]2)[C@H](O)[C@@H](O)[C@H]1O. The van der Waals surface area contributed by atoms with Gasteiger partial charge in [0.2, 0.25) is 12.2 Å². The first-order chi connectivity index (χ1) is 15.4. The zero-order valence-electron chi connectivity index (χ0n) is 16.5. The minimum absolute atomic E-state index is 0.289. The van der Waals surface area contributed by atoms with Crippen LogP contribution in [0.3, 0.4) is 0 Å². The Morgan fingerprint density at radius 2 is 1.72 bits per heavy atom. The van der Waals surface area contributed by atoms with Gasteiger partial charge in [0.1, 0.15) is 24.4 Å². The normalized spacial score (nSPS) is 26.1. The van der Waals surface area contributed by atoms with Crippen molar-refractivity contribution in [2.24, 2.45) is 0 Å². The molecule has 3 heterocycles. The summed E-state index contributed by atoms with van der Waals surface area (Å²) in [6.07, 6.45) is -6.93. The maximum Gasteiger partial charge on any atom is 0.230 e. The number of halogens is 2. The molecule has 2 aromatic carbocycles. The number of fused-ring (bicyclic) bond motifs is 2. The smallest absolute Gasteiger partial charge is 0.230 e. The van der Waals surface area contributed by atoms with Crippen molar-refractivity contribution >= 4 is 49.3 Å². The van der Waals surface area contributed by atoms with Crippen molar-refractivity contribution in [1.82, 2.24) is 9.97 Å². The second-order valence-corrected chi connectivity index (χ2v) is 8.93. The molecule has 1 aliphatic rings. The summed E-state index contributed by atoms with van der Waals surface area (Å²) >= 11 is 9.90. The monoisotopic (exact) mass is 522 g/mol. The van der Waals surface area contributed by atoms with Gasteiger partial charge in [-0.2, -0.15) is 0 Å². The number of rotatable bonds is 4. The van der Waals surface area contributed by atoms with Gasteiger partial charge in [-0.05, 0) is 40.2 Å². The molecule has 1 fully saturated rings. The number of para-hydroxylation sites is 1. The predicted molar refractivity (Wildman–Crippen MR) is 123 cm³/mol. The average Bonchev–Trinajstić information content (AvgIpc) is 3.38. The number of hydrogen-bond acceptors (Lipinski definition) is 6. The van der Waals surface area contributed by atoms with E-state index in [2.05, 4.69) is 25.9 Å². The Labute approximate surface area is 195 Å². The molecule has 1 aliphatic heterocycles. The van der Waals surface area contributed by atoms with E-state index in [1.54, 1.807) is 0 Å². The molecule has 5 atom stereocenters. The zero-order valence-corrected chi connectivity index (χ0v) is 18.8. The molecule has 1 unspecified atom stereocenters. The van der Waals surface area contributed by atoms with Crippen LogP contribution in [0.5, 0.6) is 5.88 Å². The van der Waals surface area contributed by atoms with E-state index in [0.29, 0.717) is 10.6 Å². The summed E-state index contributed by atoms with van der Waals surface area (Å²) in [5, 5.41) is 42.3. The van der Waals surface area contributed by atoms with Gasteiger partial charge in [-0.1, -0.05) is 29.8 Å². The molecular formula is C22H20BrClN2O6. The number of aliphatic hydroxyl groups excluding tert-OH is 4. The summed E-state index contributed by atoms with van der Waals surface area (Å²) in [5.74, 6) is 0.289. The van der Waals surface area contributed by atoms with Crippen LogP contribution in [-0.4, -0.2) is 67.7 Å². The first kappa shape index (κ1) is 21.7. The Hall–Kier alpha value is -2.11. The van der Waals surface area contributed by atoms with Gasteiger partial charge in [-0.15, -0.1) is 0 Å². The predicted octanol–water partition coefficient (Wildman–Crippen LogP) is 2.91. The maximum atomic E-state index is 10.4. The number of aliphatic hydroxyl groups is 4. The molecule has 2 aromatic heterocycles. The van der Waals surface area contributed by atoms with E-state index < -0.39 is 37.3 Å². The van der Waals surface area contributed by atoms with E-state index in [1.165, 1.54) is 0 Å². The minimum atomic E-state index is -1.54. The number of hydrogen-bond donors (Lipinski definition) is 6. The molecule has 32 heavy (non-hydrogen) atoms. The maximum absolute atomic E-state index is 10.4. The number of benzene rings is 2. The van der Waals surface area contributed by atoms with E-state index in [1.807, 2.05) is 42.5 Å². The van der Waals surface area contributed by atoms with Crippen molar-refractivity contribution in [3.8, 4) is 17.1 Å². The molecule has 0 bridgehead atoms. The summed E-state index contributed by atoms with van der Waals surface area (Å²) in [6, 6.07) is 13.2. The molecule has 0 aliphatic carbocycles. The lowest BCUT2D eigenvalue weighted by Crippen LogP contribution is -2.60. The number of aromatic nitrogens is 2. The molecule has 0 saturated carbocycles. The van der Waals surface area contributed by atoms with Gasteiger partial charge < -0.3 is 39.9 Å². The van der Waals surface area contributed by atoms with Crippen LogP contribution in [0.15, 0.2) is 46.9 Å². The lowest BCUT2D eigenvalue weighted by Gasteiger charge is -2.39. The molecule has 10 heteroatoms. The number of H-pyrrole nitrogens is 2. The summed E-state index contributed by atoms with van der Waals surface area (Å²) in [5.41, 5.74) is 3.02. The topological polar surface area (TPSA) is 131 Å². The van der Waals surface area contributed by atoms with Crippen LogP contribution in [0.25, 0.3) is 33.1 Å². The largest absolute Gasteiger partial charge is 0.446 e. The van der Waals surface area contributed by atoms with Crippen LogP contribution in [-0.2, 0) is 4.74 Å². The van der Waals surface area contributed by atoms with Gasteiger partial charge in [0.15, 0.2) is 0 Å². The van der Waals surface area contributed by atoms with Gasteiger partial charge in [-0.25, -0.2) is 0 Å². The van der Waals surface area contributed by atoms with Crippen LogP contribution < -0.4 is 4.74 Å². The Balaban J connectivity index is 1.61. The summed E-state index contributed by atoms with van der Waals surface area (Å²) < 4.78 is 12.3. The van der Waals surface area contributed by atoms with Gasteiger partial charge in [0.05, 0.1) is 22.9 Å². The second-order valence-electron chi connectivity index (χ2n) is 7.70. The third kappa shape index (κ3) is 3.50. The molecule has 168 valence electrons.